The van der Waals surface area contributed by atoms with Gasteiger partial charge in [0.1, 0.15) is 6.23 Å². The van der Waals surface area contributed by atoms with Crippen LogP contribution in [-0.4, -0.2) is 11.1 Å². The molecule has 0 amide bonds. The molecule has 0 radical (unpaired) electrons. The Labute approximate surface area is 50.0 Å². The molecule has 0 saturated carbocycles. The van der Waals surface area contributed by atoms with Crippen LogP contribution in [0.2, 0.25) is 0 Å². The van der Waals surface area contributed by atoms with E-state index in [4.69, 9.17) is 10.6 Å². The Balaban J connectivity index is 3.56. The van der Waals surface area contributed by atoms with Crippen LogP contribution in [0.5, 0.6) is 0 Å². The molecule has 0 aromatic rings. The molecule has 3 atom stereocenters. The second-order valence-electron chi connectivity index (χ2n) is 1.37. The molecule has 50 valence electrons. The molecule has 0 rings (SSSR count). The summed E-state index contributed by atoms with van der Waals surface area (Å²) >= 11 is 0. The second-order valence-corrected chi connectivity index (χ2v) is 4.67. The Morgan fingerprint density at radius 1 is 2.00 bits per heavy atom. The lowest BCUT2D eigenvalue weighted by atomic mass is 10.7. The lowest BCUT2D eigenvalue weighted by molar-refractivity contribution is 0.207. The van der Waals surface area contributed by atoms with Crippen LogP contribution in [0.4, 0.5) is 0 Å². The van der Waals surface area contributed by atoms with E-state index in [2.05, 4.69) is 4.52 Å². The van der Waals surface area contributed by atoms with Crippen molar-refractivity contribution >= 4 is 16.2 Å². The standard InChI is InChI=1S/C2H9NO3P2/c1-2(3)6-8(4,5)7/h2H,3,7H2,1H3,(H,4,5). The monoisotopic (exact) mass is 157 g/mol. The molecule has 0 fully saturated rings. The van der Waals surface area contributed by atoms with Gasteiger partial charge >= 0.3 is 7.28 Å². The van der Waals surface area contributed by atoms with Crippen LogP contribution >= 0.6 is 16.2 Å². The first-order valence-corrected chi connectivity index (χ1v) is 5.17. The molecular formula is C2H9NO3P2. The van der Waals surface area contributed by atoms with Crippen molar-refractivity contribution in [2.24, 2.45) is 5.73 Å². The summed E-state index contributed by atoms with van der Waals surface area (Å²) in [5.74, 6) is 0. The molecule has 0 aliphatic heterocycles. The first-order valence-electron chi connectivity index (χ1n) is 1.97. The topological polar surface area (TPSA) is 72.5 Å². The highest BCUT2D eigenvalue weighted by atomic mass is 32.1. The zero-order chi connectivity index (χ0) is 6.78. The second kappa shape index (κ2) is 2.90. The SMILES string of the molecule is CC(N)OP(=O)(O)P. The zero-order valence-corrected chi connectivity index (χ0v) is 6.49. The summed E-state index contributed by atoms with van der Waals surface area (Å²) in [6, 6.07) is 0. The van der Waals surface area contributed by atoms with Gasteiger partial charge in [-0.05, 0) is 15.9 Å². The number of nitrogens with two attached hydrogens (primary N) is 1. The van der Waals surface area contributed by atoms with E-state index in [1.165, 1.54) is 6.92 Å². The van der Waals surface area contributed by atoms with Crippen LogP contribution in [0.3, 0.4) is 0 Å². The van der Waals surface area contributed by atoms with Crippen LogP contribution in [0.1, 0.15) is 6.92 Å². The Morgan fingerprint density at radius 2 is 2.38 bits per heavy atom. The van der Waals surface area contributed by atoms with Gasteiger partial charge in [-0.15, -0.1) is 0 Å². The minimum absolute atomic E-state index is 0.691. The lowest BCUT2D eigenvalue weighted by Crippen LogP contribution is -2.16. The third kappa shape index (κ3) is 6.54. The summed E-state index contributed by atoms with van der Waals surface area (Å²) in [6.07, 6.45) is -0.691. The first kappa shape index (κ1) is 8.54. The number of hydrogen-bond donors (Lipinski definition) is 2. The van der Waals surface area contributed by atoms with Gasteiger partial charge in [-0.3, -0.25) is 9.09 Å². The molecule has 4 nitrogen and oxygen atoms in total. The minimum atomic E-state index is -3.43. The van der Waals surface area contributed by atoms with Gasteiger partial charge in [-0.25, -0.2) is 0 Å². The van der Waals surface area contributed by atoms with E-state index in [0.717, 1.165) is 0 Å². The van der Waals surface area contributed by atoms with Gasteiger partial charge in [0.05, 0.1) is 0 Å². The minimum Gasteiger partial charge on any atom is -0.322 e. The zero-order valence-electron chi connectivity index (χ0n) is 4.44. The highest BCUT2D eigenvalue weighted by Gasteiger charge is 2.11. The van der Waals surface area contributed by atoms with Gasteiger partial charge in [0, 0.05) is 0 Å². The summed E-state index contributed by atoms with van der Waals surface area (Å²) < 4.78 is 14.5. The van der Waals surface area contributed by atoms with Crippen LogP contribution in [0, 0.1) is 0 Å². The van der Waals surface area contributed by atoms with Gasteiger partial charge in [0.25, 0.3) is 0 Å². The maximum atomic E-state index is 10.2. The Bertz CT molecular complexity index is 108. The average Bonchev–Trinajstić information content (AvgIpc) is 1.21. The summed E-state index contributed by atoms with van der Waals surface area (Å²) in [7, 11) is -1.76. The molecule has 0 saturated heterocycles. The third-order valence-corrected chi connectivity index (χ3v) is 1.32. The third-order valence-electron chi connectivity index (χ3n) is 0.317. The molecule has 0 aliphatic rings. The molecular weight excluding hydrogens is 148 g/mol. The van der Waals surface area contributed by atoms with Gasteiger partial charge in [-0.2, -0.15) is 0 Å². The fraction of sp³-hybridized carbons (Fsp3) is 1.00. The summed E-state index contributed by atoms with van der Waals surface area (Å²) in [4.78, 5) is 8.40. The smallest absolute Gasteiger partial charge is 0.322 e. The number of hydrogen-bond acceptors (Lipinski definition) is 3. The van der Waals surface area contributed by atoms with E-state index in [9.17, 15) is 4.57 Å². The van der Waals surface area contributed by atoms with E-state index in [1.54, 1.807) is 8.93 Å². The Morgan fingerprint density at radius 3 is 2.38 bits per heavy atom. The normalized spacial score (nSPS) is 22.0. The quantitative estimate of drug-likeness (QED) is 0.446. The van der Waals surface area contributed by atoms with Crippen LogP contribution in [-0.2, 0) is 9.09 Å². The fourth-order valence-corrected chi connectivity index (χ4v) is 1.29. The summed E-state index contributed by atoms with van der Waals surface area (Å²) in [5, 5.41) is 0. The van der Waals surface area contributed by atoms with Crippen molar-refractivity contribution in [2.75, 3.05) is 0 Å². The van der Waals surface area contributed by atoms with E-state index in [0.29, 0.717) is 0 Å². The molecule has 0 heterocycles. The molecule has 3 N–H and O–H groups in total. The van der Waals surface area contributed by atoms with Gasteiger partial charge in [0.2, 0.25) is 0 Å². The largest absolute Gasteiger partial charge is 0.342 e. The molecule has 0 aliphatic carbocycles. The van der Waals surface area contributed by atoms with Gasteiger partial charge < -0.3 is 10.6 Å². The predicted molar refractivity (Wildman–Crippen MR) is 34.3 cm³/mol. The van der Waals surface area contributed by atoms with E-state index < -0.39 is 13.5 Å². The van der Waals surface area contributed by atoms with Gasteiger partial charge in [-0.1, -0.05) is 0 Å². The maximum absolute atomic E-state index is 10.2. The van der Waals surface area contributed by atoms with Crippen LogP contribution < -0.4 is 5.73 Å². The van der Waals surface area contributed by atoms with Crippen molar-refractivity contribution in [1.82, 2.24) is 0 Å². The van der Waals surface area contributed by atoms with Crippen molar-refractivity contribution in [3.63, 3.8) is 0 Å². The van der Waals surface area contributed by atoms with E-state index >= 15 is 0 Å². The predicted octanol–water partition coefficient (Wildman–Crippen LogP) is 0.283. The molecule has 6 heteroatoms. The Kier molecular flexibility index (Phi) is 3.10. The van der Waals surface area contributed by atoms with E-state index in [-0.39, 0.29) is 0 Å². The average molecular weight is 157 g/mol. The molecule has 0 aromatic carbocycles. The summed E-state index contributed by atoms with van der Waals surface area (Å²) in [5.41, 5.74) is 5.01. The van der Waals surface area contributed by atoms with Crippen molar-refractivity contribution in [3.05, 3.63) is 0 Å². The molecule has 0 bridgehead atoms. The fourth-order valence-electron chi connectivity index (χ4n) is 0.238. The van der Waals surface area contributed by atoms with Crippen LogP contribution in [0.25, 0.3) is 0 Å². The molecule has 3 unspecified atom stereocenters. The van der Waals surface area contributed by atoms with E-state index in [1.807, 2.05) is 0 Å². The molecule has 0 aromatic heterocycles. The molecule has 8 heavy (non-hydrogen) atoms. The van der Waals surface area contributed by atoms with Crippen molar-refractivity contribution < 1.29 is 14.0 Å². The maximum Gasteiger partial charge on any atom is 0.342 e. The van der Waals surface area contributed by atoms with Crippen molar-refractivity contribution in [3.8, 4) is 0 Å². The van der Waals surface area contributed by atoms with Crippen molar-refractivity contribution in [2.45, 2.75) is 13.2 Å². The Hall–Kier alpha value is 0.540. The number of rotatable bonds is 2. The molecule has 0 spiro atoms. The first-order chi connectivity index (χ1) is 3.42. The highest BCUT2D eigenvalue weighted by molar-refractivity contribution is 8.11. The van der Waals surface area contributed by atoms with Crippen molar-refractivity contribution in [1.29, 1.82) is 0 Å². The summed E-state index contributed by atoms with van der Waals surface area (Å²) in [6.45, 7) is 1.48. The van der Waals surface area contributed by atoms with Gasteiger partial charge in [0.15, 0.2) is 0 Å². The highest BCUT2D eigenvalue weighted by Crippen LogP contribution is 2.50. The van der Waals surface area contributed by atoms with Crippen LogP contribution in [0.15, 0.2) is 0 Å². The lowest BCUT2D eigenvalue weighted by Gasteiger charge is -2.08.